The third-order valence-electron chi connectivity index (χ3n) is 3.12. The van der Waals surface area contributed by atoms with Crippen LogP contribution < -0.4 is 0 Å². The van der Waals surface area contributed by atoms with E-state index >= 15 is 0 Å². The number of carbonyl (C=O) groups is 1. The SMILES string of the molecule is CCC(=CCOC1CCCCCC1)C(=O)O. The summed E-state index contributed by atoms with van der Waals surface area (Å²) in [4.78, 5) is 10.7. The van der Waals surface area contributed by atoms with Gasteiger partial charge in [0.05, 0.1) is 12.7 Å². The minimum atomic E-state index is -0.827. The molecule has 1 N–H and O–H groups in total. The molecule has 0 aromatic heterocycles. The van der Waals surface area contributed by atoms with Crippen molar-refractivity contribution in [1.82, 2.24) is 0 Å². The monoisotopic (exact) mass is 226 g/mol. The molecule has 1 saturated carbocycles. The molecule has 0 amide bonds. The molecule has 1 aliphatic rings. The van der Waals surface area contributed by atoms with Crippen molar-refractivity contribution in [2.24, 2.45) is 0 Å². The highest BCUT2D eigenvalue weighted by atomic mass is 16.5. The Morgan fingerprint density at radius 1 is 1.31 bits per heavy atom. The van der Waals surface area contributed by atoms with E-state index in [9.17, 15) is 4.79 Å². The van der Waals surface area contributed by atoms with Crippen molar-refractivity contribution in [2.45, 2.75) is 58.0 Å². The topological polar surface area (TPSA) is 46.5 Å². The zero-order valence-electron chi connectivity index (χ0n) is 10.1. The maximum Gasteiger partial charge on any atom is 0.331 e. The van der Waals surface area contributed by atoms with Crippen molar-refractivity contribution in [3.8, 4) is 0 Å². The summed E-state index contributed by atoms with van der Waals surface area (Å²) in [6, 6.07) is 0. The molecule has 92 valence electrons. The predicted molar refractivity (Wildman–Crippen MR) is 63.5 cm³/mol. The zero-order valence-corrected chi connectivity index (χ0v) is 10.1. The summed E-state index contributed by atoms with van der Waals surface area (Å²) in [5.41, 5.74) is 0.452. The fourth-order valence-corrected chi connectivity index (χ4v) is 2.08. The molecule has 0 bridgehead atoms. The van der Waals surface area contributed by atoms with E-state index < -0.39 is 5.97 Å². The number of hydrogen-bond acceptors (Lipinski definition) is 2. The standard InChI is InChI=1S/C13H22O3/c1-2-11(13(14)15)9-10-16-12-7-5-3-4-6-8-12/h9,12H,2-8,10H2,1H3,(H,14,15). The van der Waals surface area contributed by atoms with Gasteiger partial charge >= 0.3 is 5.97 Å². The van der Waals surface area contributed by atoms with E-state index in [-0.39, 0.29) is 0 Å². The maximum atomic E-state index is 10.7. The van der Waals surface area contributed by atoms with Crippen LogP contribution in [0.2, 0.25) is 0 Å². The molecule has 0 heterocycles. The summed E-state index contributed by atoms with van der Waals surface area (Å²) in [7, 11) is 0. The summed E-state index contributed by atoms with van der Waals surface area (Å²) in [6.45, 7) is 2.30. The summed E-state index contributed by atoms with van der Waals surface area (Å²) >= 11 is 0. The molecule has 1 rings (SSSR count). The first-order valence-electron chi connectivity index (χ1n) is 6.28. The lowest BCUT2D eigenvalue weighted by Crippen LogP contribution is -2.12. The second-order valence-corrected chi connectivity index (χ2v) is 4.33. The molecule has 0 aromatic carbocycles. The normalized spacial score (nSPS) is 19.4. The summed E-state index contributed by atoms with van der Waals surface area (Å²) in [6.07, 6.45) is 9.96. The fourth-order valence-electron chi connectivity index (χ4n) is 2.08. The van der Waals surface area contributed by atoms with Crippen LogP contribution in [-0.2, 0) is 9.53 Å². The van der Waals surface area contributed by atoms with Gasteiger partial charge in [0.25, 0.3) is 0 Å². The highest BCUT2D eigenvalue weighted by Gasteiger charge is 2.12. The molecule has 1 aliphatic carbocycles. The quantitative estimate of drug-likeness (QED) is 0.578. The Bertz CT molecular complexity index is 238. The van der Waals surface area contributed by atoms with Gasteiger partial charge in [-0.3, -0.25) is 0 Å². The van der Waals surface area contributed by atoms with Crippen LogP contribution in [0.3, 0.4) is 0 Å². The van der Waals surface area contributed by atoms with Crippen LogP contribution >= 0.6 is 0 Å². The van der Waals surface area contributed by atoms with Crippen molar-refractivity contribution >= 4 is 5.97 Å². The number of carboxylic acid groups (broad SMARTS) is 1. The Labute approximate surface area is 97.5 Å². The Morgan fingerprint density at radius 2 is 1.94 bits per heavy atom. The Kier molecular flexibility index (Phi) is 6.16. The van der Waals surface area contributed by atoms with Gasteiger partial charge in [-0.25, -0.2) is 4.79 Å². The van der Waals surface area contributed by atoms with E-state index in [1.165, 1.54) is 25.7 Å². The highest BCUT2D eigenvalue weighted by Crippen LogP contribution is 2.19. The van der Waals surface area contributed by atoms with Crippen LogP contribution in [0.5, 0.6) is 0 Å². The lowest BCUT2D eigenvalue weighted by molar-refractivity contribution is -0.132. The van der Waals surface area contributed by atoms with Crippen molar-refractivity contribution in [3.63, 3.8) is 0 Å². The molecule has 0 unspecified atom stereocenters. The average molecular weight is 226 g/mol. The van der Waals surface area contributed by atoms with Gasteiger partial charge < -0.3 is 9.84 Å². The predicted octanol–water partition coefficient (Wildman–Crippen LogP) is 3.15. The van der Waals surface area contributed by atoms with Gasteiger partial charge in [-0.15, -0.1) is 0 Å². The summed E-state index contributed by atoms with van der Waals surface area (Å²) < 4.78 is 5.71. The van der Waals surface area contributed by atoms with E-state index in [4.69, 9.17) is 9.84 Å². The molecule has 0 aliphatic heterocycles. The second kappa shape index (κ2) is 7.44. The first-order chi connectivity index (χ1) is 7.74. The third kappa shape index (κ3) is 4.79. The van der Waals surface area contributed by atoms with Gasteiger partial charge in [0.2, 0.25) is 0 Å². The molecular weight excluding hydrogens is 204 g/mol. The van der Waals surface area contributed by atoms with Gasteiger partial charge in [0.1, 0.15) is 0 Å². The molecule has 0 saturated heterocycles. The number of hydrogen-bond donors (Lipinski definition) is 1. The summed E-state index contributed by atoms with van der Waals surface area (Å²) in [5.74, 6) is -0.827. The number of rotatable bonds is 5. The van der Waals surface area contributed by atoms with Crippen LogP contribution in [0.4, 0.5) is 0 Å². The molecular formula is C13H22O3. The van der Waals surface area contributed by atoms with E-state index in [1.807, 2.05) is 6.92 Å². The van der Waals surface area contributed by atoms with Gasteiger partial charge in [-0.05, 0) is 25.3 Å². The first kappa shape index (κ1) is 13.2. The molecule has 16 heavy (non-hydrogen) atoms. The third-order valence-corrected chi connectivity index (χ3v) is 3.12. The van der Waals surface area contributed by atoms with Crippen LogP contribution in [0, 0.1) is 0 Å². The van der Waals surface area contributed by atoms with Crippen LogP contribution in [0.1, 0.15) is 51.9 Å². The van der Waals surface area contributed by atoms with E-state index in [0.717, 1.165) is 12.8 Å². The fraction of sp³-hybridized carbons (Fsp3) is 0.769. The lowest BCUT2D eigenvalue weighted by atomic mass is 10.1. The van der Waals surface area contributed by atoms with Gasteiger partial charge in [-0.2, -0.15) is 0 Å². The van der Waals surface area contributed by atoms with Crippen LogP contribution in [-0.4, -0.2) is 23.8 Å². The Balaban J connectivity index is 2.29. The summed E-state index contributed by atoms with van der Waals surface area (Å²) in [5, 5.41) is 8.83. The molecule has 1 fully saturated rings. The minimum Gasteiger partial charge on any atom is -0.478 e. The number of carboxylic acids is 1. The number of ether oxygens (including phenoxy) is 1. The first-order valence-corrected chi connectivity index (χ1v) is 6.28. The molecule has 0 spiro atoms. The molecule has 0 atom stereocenters. The highest BCUT2D eigenvalue weighted by molar-refractivity contribution is 5.86. The number of aliphatic carboxylic acids is 1. The minimum absolute atomic E-state index is 0.339. The van der Waals surface area contributed by atoms with Gasteiger partial charge in [0.15, 0.2) is 0 Å². The van der Waals surface area contributed by atoms with Crippen molar-refractivity contribution < 1.29 is 14.6 Å². The Hall–Kier alpha value is -0.830. The average Bonchev–Trinajstić information content (AvgIpc) is 2.52. The van der Waals surface area contributed by atoms with Crippen molar-refractivity contribution in [2.75, 3.05) is 6.61 Å². The van der Waals surface area contributed by atoms with Crippen molar-refractivity contribution in [3.05, 3.63) is 11.6 Å². The van der Waals surface area contributed by atoms with E-state index in [2.05, 4.69) is 0 Å². The van der Waals surface area contributed by atoms with E-state index in [1.54, 1.807) is 6.08 Å². The van der Waals surface area contributed by atoms with Gasteiger partial charge in [0, 0.05) is 5.57 Å². The molecule has 0 radical (unpaired) electrons. The molecule has 0 aromatic rings. The van der Waals surface area contributed by atoms with Crippen LogP contribution in [0.15, 0.2) is 11.6 Å². The second-order valence-electron chi connectivity index (χ2n) is 4.33. The molecule has 3 nitrogen and oxygen atoms in total. The lowest BCUT2D eigenvalue weighted by Gasteiger charge is -2.13. The zero-order chi connectivity index (χ0) is 11.8. The smallest absolute Gasteiger partial charge is 0.331 e. The van der Waals surface area contributed by atoms with Gasteiger partial charge in [-0.1, -0.05) is 32.6 Å². The largest absolute Gasteiger partial charge is 0.478 e. The maximum absolute atomic E-state index is 10.7. The Morgan fingerprint density at radius 3 is 2.44 bits per heavy atom. The van der Waals surface area contributed by atoms with Crippen LogP contribution in [0.25, 0.3) is 0 Å². The molecule has 3 heteroatoms. The van der Waals surface area contributed by atoms with E-state index in [0.29, 0.717) is 24.7 Å². The van der Waals surface area contributed by atoms with Crippen molar-refractivity contribution in [1.29, 1.82) is 0 Å².